The van der Waals surface area contributed by atoms with Gasteiger partial charge in [-0.25, -0.2) is 4.68 Å². The van der Waals surface area contributed by atoms with Crippen molar-refractivity contribution in [3.63, 3.8) is 0 Å². The van der Waals surface area contributed by atoms with Crippen molar-refractivity contribution in [1.82, 2.24) is 15.0 Å². The van der Waals surface area contributed by atoms with Crippen LogP contribution in [0.2, 0.25) is 0 Å². The van der Waals surface area contributed by atoms with Gasteiger partial charge in [-0.1, -0.05) is 35.5 Å². The maximum Gasteiger partial charge on any atom is 0.271 e. The largest absolute Gasteiger partial charge is 0.364 e. The number of benzene rings is 1. The van der Waals surface area contributed by atoms with Crippen LogP contribution in [0.3, 0.4) is 0 Å². The average Bonchev–Trinajstić information content (AvgIpc) is 3.12. The van der Waals surface area contributed by atoms with E-state index < -0.39 is 5.91 Å². The van der Waals surface area contributed by atoms with Crippen LogP contribution in [0.25, 0.3) is 0 Å². The number of amides is 1. The third kappa shape index (κ3) is 1.99. The van der Waals surface area contributed by atoms with Gasteiger partial charge in [-0.3, -0.25) is 4.79 Å². The Morgan fingerprint density at radius 2 is 2.06 bits per heavy atom. The SMILES string of the molecule is NC(=O)c1nnn(Cc2ccccc2)c1C1CC1. The summed E-state index contributed by atoms with van der Waals surface area (Å²) in [7, 11) is 0. The lowest BCUT2D eigenvalue weighted by Gasteiger charge is -2.06. The summed E-state index contributed by atoms with van der Waals surface area (Å²) in [5.41, 5.74) is 7.69. The third-order valence-corrected chi connectivity index (χ3v) is 3.15. The highest BCUT2D eigenvalue weighted by molar-refractivity contribution is 5.92. The molecule has 5 nitrogen and oxygen atoms in total. The second kappa shape index (κ2) is 4.25. The zero-order valence-electron chi connectivity index (χ0n) is 9.91. The summed E-state index contributed by atoms with van der Waals surface area (Å²) in [6.07, 6.45) is 2.17. The van der Waals surface area contributed by atoms with Gasteiger partial charge in [0.1, 0.15) is 0 Å². The molecule has 0 saturated heterocycles. The molecule has 5 heteroatoms. The number of nitrogens with two attached hydrogens (primary N) is 1. The summed E-state index contributed by atoms with van der Waals surface area (Å²) < 4.78 is 1.80. The highest BCUT2D eigenvalue weighted by Gasteiger charge is 2.32. The van der Waals surface area contributed by atoms with Gasteiger partial charge in [-0.2, -0.15) is 0 Å². The lowest BCUT2D eigenvalue weighted by Crippen LogP contribution is -2.15. The predicted molar refractivity (Wildman–Crippen MR) is 66.1 cm³/mol. The zero-order chi connectivity index (χ0) is 12.5. The Labute approximate surface area is 105 Å². The summed E-state index contributed by atoms with van der Waals surface area (Å²) in [6.45, 7) is 0.632. The molecule has 0 spiro atoms. The Morgan fingerprint density at radius 3 is 2.67 bits per heavy atom. The van der Waals surface area contributed by atoms with Crippen LogP contribution in [0, 0.1) is 0 Å². The van der Waals surface area contributed by atoms with E-state index in [2.05, 4.69) is 10.3 Å². The lowest BCUT2D eigenvalue weighted by molar-refractivity contribution is 0.0994. The minimum absolute atomic E-state index is 0.327. The molecule has 1 aromatic heterocycles. The quantitative estimate of drug-likeness (QED) is 0.878. The maximum atomic E-state index is 11.3. The molecule has 1 heterocycles. The highest BCUT2D eigenvalue weighted by Crippen LogP contribution is 2.41. The van der Waals surface area contributed by atoms with E-state index in [1.54, 1.807) is 4.68 Å². The van der Waals surface area contributed by atoms with Gasteiger partial charge in [0.2, 0.25) is 0 Å². The number of rotatable bonds is 4. The number of hydrogen-bond donors (Lipinski definition) is 1. The molecule has 92 valence electrons. The first-order chi connectivity index (χ1) is 8.75. The molecule has 1 fully saturated rings. The molecular weight excluding hydrogens is 228 g/mol. The molecule has 2 aromatic rings. The fourth-order valence-corrected chi connectivity index (χ4v) is 2.13. The van der Waals surface area contributed by atoms with E-state index in [0.29, 0.717) is 18.2 Å². The first kappa shape index (κ1) is 11.0. The monoisotopic (exact) mass is 242 g/mol. The van der Waals surface area contributed by atoms with E-state index in [1.165, 1.54) is 0 Å². The summed E-state index contributed by atoms with van der Waals surface area (Å²) in [5, 5.41) is 7.97. The van der Waals surface area contributed by atoms with Crippen molar-refractivity contribution >= 4 is 5.91 Å². The smallest absolute Gasteiger partial charge is 0.271 e. The van der Waals surface area contributed by atoms with Gasteiger partial charge >= 0.3 is 0 Å². The average molecular weight is 242 g/mol. The Balaban J connectivity index is 1.95. The van der Waals surface area contributed by atoms with Gasteiger partial charge in [0.15, 0.2) is 5.69 Å². The Morgan fingerprint density at radius 1 is 1.33 bits per heavy atom. The minimum Gasteiger partial charge on any atom is -0.364 e. The number of hydrogen-bond acceptors (Lipinski definition) is 3. The van der Waals surface area contributed by atoms with Gasteiger partial charge in [-0.15, -0.1) is 5.10 Å². The summed E-state index contributed by atoms with van der Waals surface area (Å²) >= 11 is 0. The molecule has 2 N–H and O–H groups in total. The highest BCUT2D eigenvalue weighted by atomic mass is 16.1. The number of carbonyl (C=O) groups excluding carboxylic acids is 1. The van der Waals surface area contributed by atoms with E-state index in [0.717, 1.165) is 24.1 Å². The number of primary amides is 1. The third-order valence-electron chi connectivity index (χ3n) is 3.15. The minimum atomic E-state index is -0.490. The molecule has 0 radical (unpaired) electrons. The first-order valence-corrected chi connectivity index (χ1v) is 6.03. The molecule has 1 aliphatic carbocycles. The fraction of sp³-hybridized carbons (Fsp3) is 0.308. The Hall–Kier alpha value is -2.17. The second-order valence-corrected chi connectivity index (χ2v) is 4.61. The number of carbonyl (C=O) groups is 1. The lowest BCUT2D eigenvalue weighted by atomic mass is 10.2. The zero-order valence-corrected chi connectivity index (χ0v) is 9.91. The fourth-order valence-electron chi connectivity index (χ4n) is 2.13. The summed E-state index contributed by atoms with van der Waals surface area (Å²) in [5.74, 6) is -0.0950. The van der Waals surface area contributed by atoms with Crippen molar-refractivity contribution in [1.29, 1.82) is 0 Å². The van der Waals surface area contributed by atoms with Gasteiger partial charge in [0, 0.05) is 5.92 Å². The normalized spacial score (nSPS) is 14.7. The first-order valence-electron chi connectivity index (χ1n) is 6.03. The molecule has 0 unspecified atom stereocenters. The standard InChI is InChI=1S/C13H14N4O/c14-13(18)11-12(10-6-7-10)17(16-15-11)8-9-4-2-1-3-5-9/h1-5,10H,6-8H2,(H2,14,18). The van der Waals surface area contributed by atoms with Crippen molar-refractivity contribution in [3.8, 4) is 0 Å². The van der Waals surface area contributed by atoms with Gasteiger partial charge in [-0.05, 0) is 18.4 Å². The van der Waals surface area contributed by atoms with Crippen LogP contribution in [0.1, 0.15) is 40.5 Å². The predicted octanol–water partition coefficient (Wildman–Crippen LogP) is 1.30. The maximum absolute atomic E-state index is 11.3. The van der Waals surface area contributed by atoms with Crippen molar-refractivity contribution in [2.45, 2.75) is 25.3 Å². The molecule has 1 aliphatic rings. The van der Waals surface area contributed by atoms with E-state index in [-0.39, 0.29) is 0 Å². The summed E-state index contributed by atoms with van der Waals surface area (Å²) in [4.78, 5) is 11.3. The number of nitrogens with zero attached hydrogens (tertiary/aromatic N) is 3. The van der Waals surface area contributed by atoms with Crippen LogP contribution < -0.4 is 5.73 Å². The van der Waals surface area contributed by atoms with Crippen LogP contribution in [0.5, 0.6) is 0 Å². The van der Waals surface area contributed by atoms with Crippen molar-refractivity contribution < 1.29 is 4.79 Å². The second-order valence-electron chi connectivity index (χ2n) is 4.61. The van der Waals surface area contributed by atoms with Crippen molar-refractivity contribution in [2.24, 2.45) is 5.73 Å². The topological polar surface area (TPSA) is 73.8 Å². The molecule has 0 bridgehead atoms. The van der Waals surface area contributed by atoms with Gasteiger partial charge in [0.05, 0.1) is 12.2 Å². The van der Waals surface area contributed by atoms with E-state index in [4.69, 9.17) is 5.73 Å². The molecule has 1 saturated carbocycles. The van der Waals surface area contributed by atoms with Crippen LogP contribution >= 0.6 is 0 Å². The van der Waals surface area contributed by atoms with Crippen molar-refractivity contribution in [3.05, 3.63) is 47.3 Å². The van der Waals surface area contributed by atoms with Crippen LogP contribution in [0.4, 0.5) is 0 Å². The van der Waals surface area contributed by atoms with E-state index >= 15 is 0 Å². The molecule has 0 aliphatic heterocycles. The van der Waals surface area contributed by atoms with E-state index in [1.807, 2.05) is 30.3 Å². The van der Waals surface area contributed by atoms with Crippen LogP contribution in [-0.4, -0.2) is 20.9 Å². The Kier molecular flexibility index (Phi) is 2.59. The summed E-state index contributed by atoms with van der Waals surface area (Å²) in [6, 6.07) is 10.0. The van der Waals surface area contributed by atoms with E-state index in [9.17, 15) is 4.79 Å². The van der Waals surface area contributed by atoms with Gasteiger partial charge in [0.25, 0.3) is 5.91 Å². The molecule has 1 amide bonds. The molecule has 1 aromatic carbocycles. The Bertz CT molecular complexity index is 572. The van der Waals surface area contributed by atoms with Crippen LogP contribution in [-0.2, 0) is 6.54 Å². The van der Waals surface area contributed by atoms with Crippen LogP contribution in [0.15, 0.2) is 30.3 Å². The molecule has 18 heavy (non-hydrogen) atoms. The number of aromatic nitrogens is 3. The van der Waals surface area contributed by atoms with Gasteiger partial charge < -0.3 is 5.73 Å². The molecular formula is C13H14N4O. The molecule has 0 atom stereocenters. The molecule has 3 rings (SSSR count). The van der Waals surface area contributed by atoms with Crippen molar-refractivity contribution in [2.75, 3.05) is 0 Å².